The van der Waals surface area contributed by atoms with E-state index in [1.54, 1.807) is 23.1 Å². The lowest BCUT2D eigenvalue weighted by molar-refractivity contribution is 1.02. The number of hydrogen-bond acceptors (Lipinski definition) is 4. The molecule has 3 N–H and O–H groups in total. The molecule has 76 valence electrons. The van der Waals surface area contributed by atoms with E-state index in [2.05, 4.69) is 11.2 Å². The minimum Gasteiger partial charge on any atom is -0.383 e. The van der Waals surface area contributed by atoms with Gasteiger partial charge in [0.2, 0.25) is 0 Å². The van der Waals surface area contributed by atoms with E-state index < -0.39 is 0 Å². The van der Waals surface area contributed by atoms with Crippen LogP contribution in [0.15, 0.2) is 0 Å². The van der Waals surface area contributed by atoms with Crippen LogP contribution in [-0.4, -0.2) is 17.1 Å². The molecule has 1 heterocycles. The molecule has 0 atom stereocenters. The Morgan fingerprint density at radius 2 is 2.43 bits per heavy atom. The molecule has 0 bridgehead atoms. The van der Waals surface area contributed by atoms with Crippen molar-refractivity contribution in [3.8, 4) is 0 Å². The normalized spacial score (nSPS) is 15.8. The van der Waals surface area contributed by atoms with Crippen LogP contribution >= 0.6 is 23.1 Å². The third-order valence-corrected chi connectivity index (χ3v) is 4.02. The fraction of sp³-hybridized carbons (Fsp3) is 0.556. The molecule has 1 fully saturated rings. The van der Waals surface area contributed by atoms with Gasteiger partial charge in [-0.15, -0.1) is 11.3 Å². The molecule has 0 saturated heterocycles. The van der Waals surface area contributed by atoms with E-state index >= 15 is 0 Å². The Hall–Kier alpha value is -0.550. The number of rotatable bonds is 4. The van der Waals surface area contributed by atoms with E-state index in [0.29, 0.717) is 5.92 Å². The Kier molecular flexibility index (Phi) is 2.78. The summed E-state index contributed by atoms with van der Waals surface area (Å²) in [5, 5.41) is 8.59. The van der Waals surface area contributed by atoms with Crippen molar-refractivity contribution in [1.82, 2.24) is 4.98 Å². The van der Waals surface area contributed by atoms with Gasteiger partial charge in [0.1, 0.15) is 10.8 Å². The maximum atomic E-state index is 7.48. The fourth-order valence-electron chi connectivity index (χ4n) is 1.39. The second-order valence-corrected chi connectivity index (χ2v) is 5.39. The average molecular weight is 227 g/mol. The molecule has 0 radical (unpaired) electrons. The second kappa shape index (κ2) is 3.90. The summed E-state index contributed by atoms with van der Waals surface area (Å²) in [5.74, 6) is 1.69. The number of aromatic nitrogens is 1. The van der Waals surface area contributed by atoms with Gasteiger partial charge in [-0.25, -0.2) is 4.98 Å². The molecular weight excluding hydrogens is 214 g/mol. The molecule has 1 aliphatic carbocycles. The summed E-state index contributed by atoms with van der Waals surface area (Å²) in [6.45, 7) is 0. The van der Waals surface area contributed by atoms with E-state index in [-0.39, 0.29) is 5.84 Å². The third-order valence-electron chi connectivity index (χ3n) is 2.17. The maximum Gasteiger partial charge on any atom is 0.135 e. The Labute approximate surface area is 91.6 Å². The zero-order chi connectivity index (χ0) is 10.1. The number of nitrogens with two attached hydrogens (primary N) is 1. The molecule has 1 saturated carbocycles. The van der Waals surface area contributed by atoms with Crippen LogP contribution in [0.5, 0.6) is 0 Å². The van der Waals surface area contributed by atoms with Gasteiger partial charge >= 0.3 is 0 Å². The molecule has 5 heteroatoms. The molecule has 2 rings (SSSR count). The Morgan fingerprint density at radius 1 is 1.71 bits per heavy atom. The van der Waals surface area contributed by atoms with E-state index in [0.717, 1.165) is 21.3 Å². The first-order valence-electron chi connectivity index (χ1n) is 4.55. The van der Waals surface area contributed by atoms with Gasteiger partial charge in [-0.2, -0.15) is 11.8 Å². The Bertz CT molecular complexity index is 355. The van der Waals surface area contributed by atoms with Gasteiger partial charge in [0, 0.05) is 11.7 Å². The Balaban J connectivity index is 2.30. The van der Waals surface area contributed by atoms with Gasteiger partial charge in [-0.05, 0) is 19.1 Å². The molecule has 1 aliphatic rings. The first kappa shape index (κ1) is 9.98. The summed E-state index contributed by atoms with van der Waals surface area (Å²) in [6, 6.07) is 0. The molecule has 1 aromatic heterocycles. The quantitative estimate of drug-likeness (QED) is 0.612. The van der Waals surface area contributed by atoms with Crippen molar-refractivity contribution in [3.63, 3.8) is 0 Å². The molecule has 0 aliphatic heterocycles. The van der Waals surface area contributed by atoms with Crippen LogP contribution in [0, 0.1) is 5.41 Å². The summed E-state index contributed by atoms with van der Waals surface area (Å²) in [6.07, 6.45) is 4.48. The summed E-state index contributed by atoms with van der Waals surface area (Å²) < 4.78 is 0. The van der Waals surface area contributed by atoms with Crippen molar-refractivity contribution in [1.29, 1.82) is 5.41 Å². The maximum absolute atomic E-state index is 7.48. The molecular formula is C9H13N3S2. The van der Waals surface area contributed by atoms with Crippen LogP contribution in [0.2, 0.25) is 0 Å². The van der Waals surface area contributed by atoms with Crippen LogP contribution in [0.3, 0.4) is 0 Å². The SMILES string of the molecule is CSCc1nc(C2CC2)c(C(=N)N)s1. The minimum absolute atomic E-state index is 0.178. The second-order valence-electron chi connectivity index (χ2n) is 3.44. The summed E-state index contributed by atoms with van der Waals surface area (Å²) >= 11 is 3.34. The van der Waals surface area contributed by atoms with Gasteiger partial charge in [0.15, 0.2) is 0 Å². The van der Waals surface area contributed by atoms with Crippen LogP contribution in [0.4, 0.5) is 0 Å². The van der Waals surface area contributed by atoms with Crippen LogP contribution < -0.4 is 5.73 Å². The first-order chi connectivity index (χ1) is 6.72. The Morgan fingerprint density at radius 3 is 2.93 bits per heavy atom. The minimum atomic E-state index is 0.178. The predicted molar refractivity (Wildman–Crippen MR) is 62.3 cm³/mol. The van der Waals surface area contributed by atoms with Gasteiger partial charge in [0.25, 0.3) is 0 Å². The lowest BCUT2D eigenvalue weighted by Gasteiger charge is -1.95. The number of nitrogens with one attached hydrogen (secondary N) is 1. The van der Waals surface area contributed by atoms with Crippen molar-refractivity contribution in [2.75, 3.05) is 6.26 Å². The number of thiazole rings is 1. The largest absolute Gasteiger partial charge is 0.383 e. The van der Waals surface area contributed by atoms with Gasteiger partial charge in [0.05, 0.1) is 10.6 Å². The lowest BCUT2D eigenvalue weighted by atomic mass is 10.2. The van der Waals surface area contributed by atoms with E-state index in [4.69, 9.17) is 11.1 Å². The number of amidine groups is 1. The van der Waals surface area contributed by atoms with Crippen LogP contribution in [0.1, 0.15) is 34.3 Å². The van der Waals surface area contributed by atoms with Crippen LogP contribution in [-0.2, 0) is 5.75 Å². The summed E-state index contributed by atoms with van der Waals surface area (Å²) in [4.78, 5) is 5.46. The smallest absolute Gasteiger partial charge is 0.135 e. The molecule has 0 amide bonds. The lowest BCUT2D eigenvalue weighted by Crippen LogP contribution is -2.11. The number of nitrogen functional groups attached to an aromatic ring is 1. The van der Waals surface area contributed by atoms with E-state index in [1.807, 2.05) is 0 Å². The van der Waals surface area contributed by atoms with Gasteiger partial charge in [-0.1, -0.05) is 0 Å². The zero-order valence-corrected chi connectivity index (χ0v) is 9.67. The van der Waals surface area contributed by atoms with Crippen molar-refractivity contribution in [2.24, 2.45) is 5.73 Å². The highest BCUT2D eigenvalue weighted by molar-refractivity contribution is 7.97. The summed E-state index contributed by atoms with van der Waals surface area (Å²) in [7, 11) is 0. The standard InChI is InChI=1S/C9H13N3S2/c1-13-4-6-12-7(5-2-3-5)8(14-6)9(10)11/h5H,2-4H2,1H3,(H3,10,11). The van der Waals surface area contributed by atoms with Crippen molar-refractivity contribution in [2.45, 2.75) is 24.5 Å². The van der Waals surface area contributed by atoms with Crippen molar-refractivity contribution in [3.05, 3.63) is 15.6 Å². The van der Waals surface area contributed by atoms with E-state index in [9.17, 15) is 0 Å². The molecule has 0 unspecified atom stereocenters. The first-order valence-corrected chi connectivity index (χ1v) is 6.76. The zero-order valence-electron chi connectivity index (χ0n) is 8.04. The monoisotopic (exact) mass is 227 g/mol. The van der Waals surface area contributed by atoms with Crippen molar-refractivity contribution < 1.29 is 0 Å². The highest BCUT2D eigenvalue weighted by atomic mass is 32.2. The number of hydrogen-bond donors (Lipinski definition) is 2. The molecule has 1 aromatic rings. The molecule has 14 heavy (non-hydrogen) atoms. The van der Waals surface area contributed by atoms with Gasteiger partial charge in [-0.3, -0.25) is 5.41 Å². The summed E-state index contributed by atoms with van der Waals surface area (Å²) in [5.41, 5.74) is 6.61. The average Bonchev–Trinajstić information content (AvgIpc) is 2.88. The highest BCUT2D eigenvalue weighted by Gasteiger charge is 2.30. The van der Waals surface area contributed by atoms with E-state index in [1.165, 1.54) is 12.8 Å². The number of thioether (sulfide) groups is 1. The predicted octanol–water partition coefficient (Wildman–Crippen LogP) is 2.17. The molecule has 3 nitrogen and oxygen atoms in total. The molecule has 0 spiro atoms. The van der Waals surface area contributed by atoms with Crippen LogP contribution in [0.25, 0.3) is 0 Å². The number of nitrogens with zero attached hydrogens (tertiary/aromatic N) is 1. The topological polar surface area (TPSA) is 62.8 Å². The molecule has 0 aromatic carbocycles. The third kappa shape index (κ3) is 1.93. The van der Waals surface area contributed by atoms with Crippen molar-refractivity contribution >= 4 is 28.9 Å². The highest BCUT2D eigenvalue weighted by Crippen LogP contribution is 2.42. The van der Waals surface area contributed by atoms with Gasteiger partial charge < -0.3 is 5.73 Å². The fourth-order valence-corrected chi connectivity index (χ4v) is 3.10.